The molecule has 218 valence electrons. The van der Waals surface area contributed by atoms with Crippen LogP contribution in [-0.2, 0) is 20.7 Å². The van der Waals surface area contributed by atoms with Crippen molar-refractivity contribution in [2.24, 2.45) is 46.3 Å². The molecule has 39 heavy (non-hydrogen) atoms. The predicted molar refractivity (Wildman–Crippen MR) is 152 cm³/mol. The maximum absolute atomic E-state index is 12.8. The Balaban J connectivity index is 1.18. The summed E-state index contributed by atoms with van der Waals surface area (Å²) in [5.41, 5.74) is 0.771. The minimum absolute atomic E-state index is 0.0476. The Bertz CT molecular complexity index is 1050. The molecule has 1 aromatic heterocycles. The number of thiazole rings is 1. The lowest BCUT2D eigenvalue weighted by atomic mass is 9.43. The summed E-state index contributed by atoms with van der Waals surface area (Å²) in [6, 6.07) is 0. The maximum atomic E-state index is 12.8. The molecule has 0 radical (unpaired) electrons. The van der Waals surface area contributed by atoms with Gasteiger partial charge in [0.15, 0.2) is 5.13 Å². The SMILES string of the molecule is CCOC(=O)Cc1csc(NC(=O)CCC(C)C2CCC3C4CCC5CC(O)CCC5(C)C4CC(O)C23C)n1. The van der Waals surface area contributed by atoms with Crippen molar-refractivity contribution in [3.8, 4) is 0 Å². The highest BCUT2D eigenvalue weighted by molar-refractivity contribution is 7.13. The van der Waals surface area contributed by atoms with E-state index in [9.17, 15) is 19.8 Å². The number of carbonyl (C=O) groups is 2. The van der Waals surface area contributed by atoms with Crippen LogP contribution >= 0.6 is 11.3 Å². The van der Waals surface area contributed by atoms with Gasteiger partial charge in [0.1, 0.15) is 0 Å². The second kappa shape index (κ2) is 11.4. The number of aromatic nitrogens is 1. The zero-order valence-electron chi connectivity index (χ0n) is 24.2. The first kappa shape index (κ1) is 29.0. The topological polar surface area (TPSA) is 109 Å². The summed E-state index contributed by atoms with van der Waals surface area (Å²) < 4.78 is 4.98. The van der Waals surface area contributed by atoms with E-state index in [4.69, 9.17) is 4.74 Å². The number of aliphatic hydroxyl groups is 2. The van der Waals surface area contributed by atoms with Gasteiger partial charge in [0.2, 0.25) is 5.91 Å². The Morgan fingerprint density at radius 1 is 1.15 bits per heavy atom. The van der Waals surface area contributed by atoms with Gasteiger partial charge >= 0.3 is 5.97 Å². The molecule has 1 amide bonds. The molecule has 1 aromatic rings. The van der Waals surface area contributed by atoms with Gasteiger partial charge in [0.25, 0.3) is 0 Å². The average molecular weight is 561 g/mol. The smallest absolute Gasteiger partial charge is 0.311 e. The van der Waals surface area contributed by atoms with E-state index in [2.05, 4.69) is 31.1 Å². The fraction of sp³-hybridized carbons (Fsp3) is 0.839. The van der Waals surface area contributed by atoms with E-state index < -0.39 is 0 Å². The van der Waals surface area contributed by atoms with Crippen molar-refractivity contribution < 1.29 is 24.5 Å². The third-order valence-electron chi connectivity index (χ3n) is 11.8. The van der Waals surface area contributed by atoms with Gasteiger partial charge in [0, 0.05) is 11.8 Å². The van der Waals surface area contributed by atoms with Gasteiger partial charge in [-0.1, -0.05) is 20.8 Å². The second-order valence-corrected chi connectivity index (χ2v) is 14.4. The molecule has 0 aliphatic heterocycles. The predicted octanol–water partition coefficient (Wildman–Crippen LogP) is 5.59. The molecule has 3 N–H and O–H groups in total. The van der Waals surface area contributed by atoms with Crippen molar-refractivity contribution in [3.05, 3.63) is 11.1 Å². The van der Waals surface area contributed by atoms with Crippen LogP contribution in [0, 0.1) is 46.3 Å². The first-order chi connectivity index (χ1) is 18.6. The van der Waals surface area contributed by atoms with E-state index in [1.807, 2.05) is 0 Å². The monoisotopic (exact) mass is 560 g/mol. The Labute approximate surface area is 237 Å². The first-order valence-corrected chi connectivity index (χ1v) is 16.2. The number of rotatable bonds is 8. The number of amides is 1. The quantitative estimate of drug-likeness (QED) is 0.358. The highest BCUT2D eigenvalue weighted by Crippen LogP contribution is 2.68. The lowest BCUT2D eigenvalue weighted by Crippen LogP contribution is -2.58. The highest BCUT2D eigenvalue weighted by Gasteiger charge is 2.63. The molecular formula is C31H48N2O5S. The third kappa shape index (κ3) is 5.42. The Morgan fingerprint density at radius 2 is 1.95 bits per heavy atom. The fourth-order valence-corrected chi connectivity index (χ4v) is 10.4. The second-order valence-electron chi connectivity index (χ2n) is 13.6. The van der Waals surface area contributed by atoms with Gasteiger partial charge in [0.05, 0.1) is 30.9 Å². The van der Waals surface area contributed by atoms with Crippen LogP contribution < -0.4 is 5.32 Å². The number of nitrogens with zero attached hydrogens (tertiary/aromatic N) is 1. The van der Waals surface area contributed by atoms with E-state index in [-0.39, 0.29) is 41.3 Å². The summed E-state index contributed by atoms with van der Waals surface area (Å²) in [6.45, 7) is 9.20. The van der Waals surface area contributed by atoms with Crippen LogP contribution in [-0.4, -0.2) is 45.9 Å². The van der Waals surface area contributed by atoms with E-state index in [1.165, 1.54) is 30.6 Å². The molecule has 4 aliphatic carbocycles. The van der Waals surface area contributed by atoms with Gasteiger partial charge in [-0.05, 0) is 111 Å². The van der Waals surface area contributed by atoms with E-state index in [0.29, 0.717) is 59.4 Å². The van der Waals surface area contributed by atoms with Crippen molar-refractivity contribution in [3.63, 3.8) is 0 Å². The normalized spacial score (nSPS) is 40.2. The molecule has 4 fully saturated rings. The summed E-state index contributed by atoms with van der Waals surface area (Å²) >= 11 is 1.33. The molecule has 0 aromatic carbocycles. The Kier molecular flexibility index (Phi) is 8.48. The largest absolute Gasteiger partial charge is 0.466 e. The van der Waals surface area contributed by atoms with E-state index in [0.717, 1.165) is 38.5 Å². The summed E-state index contributed by atoms with van der Waals surface area (Å²) in [7, 11) is 0. The van der Waals surface area contributed by atoms with Crippen LogP contribution in [0.1, 0.15) is 97.6 Å². The van der Waals surface area contributed by atoms with E-state index >= 15 is 0 Å². The Morgan fingerprint density at radius 3 is 2.72 bits per heavy atom. The number of ether oxygens (including phenoxy) is 1. The van der Waals surface area contributed by atoms with Crippen LogP contribution in [0.4, 0.5) is 5.13 Å². The number of hydrogen-bond acceptors (Lipinski definition) is 7. The molecule has 1 heterocycles. The maximum Gasteiger partial charge on any atom is 0.311 e. The summed E-state index contributed by atoms with van der Waals surface area (Å²) in [5.74, 6) is 2.78. The van der Waals surface area contributed by atoms with Crippen molar-refractivity contribution >= 4 is 28.3 Å². The van der Waals surface area contributed by atoms with Gasteiger partial charge in [-0.15, -0.1) is 11.3 Å². The van der Waals surface area contributed by atoms with Gasteiger partial charge < -0.3 is 20.3 Å². The van der Waals surface area contributed by atoms with Crippen LogP contribution in [0.5, 0.6) is 0 Å². The molecule has 4 aliphatic rings. The van der Waals surface area contributed by atoms with Gasteiger partial charge in [-0.3, -0.25) is 9.59 Å². The third-order valence-corrected chi connectivity index (χ3v) is 12.6. The molecule has 0 saturated heterocycles. The van der Waals surface area contributed by atoms with E-state index in [1.54, 1.807) is 12.3 Å². The fourth-order valence-electron chi connectivity index (χ4n) is 9.71. The lowest BCUT2D eigenvalue weighted by Gasteiger charge is -2.62. The van der Waals surface area contributed by atoms with Crippen molar-refractivity contribution in [2.75, 3.05) is 11.9 Å². The minimum Gasteiger partial charge on any atom is -0.466 e. The van der Waals surface area contributed by atoms with Gasteiger partial charge in [-0.25, -0.2) is 4.98 Å². The number of hydrogen-bond donors (Lipinski definition) is 3. The molecule has 7 nitrogen and oxygen atoms in total. The number of carbonyl (C=O) groups excluding carboxylic acids is 2. The molecule has 10 unspecified atom stereocenters. The number of anilines is 1. The van der Waals surface area contributed by atoms with Gasteiger partial charge in [-0.2, -0.15) is 0 Å². The highest BCUT2D eigenvalue weighted by atomic mass is 32.1. The average Bonchev–Trinajstić information content (AvgIpc) is 3.48. The molecule has 10 atom stereocenters. The van der Waals surface area contributed by atoms with Crippen LogP contribution in [0.3, 0.4) is 0 Å². The lowest BCUT2D eigenvalue weighted by molar-refractivity contribution is -0.174. The van der Waals surface area contributed by atoms with Crippen molar-refractivity contribution in [1.29, 1.82) is 0 Å². The number of fused-ring (bicyclic) bond motifs is 5. The zero-order chi connectivity index (χ0) is 27.9. The van der Waals surface area contributed by atoms with Crippen molar-refractivity contribution in [1.82, 2.24) is 4.98 Å². The molecule has 4 saturated carbocycles. The van der Waals surface area contributed by atoms with Crippen LogP contribution in [0.2, 0.25) is 0 Å². The molecular weight excluding hydrogens is 512 g/mol. The number of nitrogens with one attached hydrogen (secondary N) is 1. The number of esters is 1. The first-order valence-electron chi connectivity index (χ1n) is 15.3. The number of aliphatic hydroxyl groups excluding tert-OH is 2. The molecule has 5 rings (SSSR count). The summed E-state index contributed by atoms with van der Waals surface area (Å²) in [4.78, 5) is 28.8. The summed E-state index contributed by atoms with van der Waals surface area (Å²) in [5, 5.41) is 27.3. The molecule has 0 spiro atoms. The van der Waals surface area contributed by atoms with Crippen LogP contribution in [0.15, 0.2) is 5.38 Å². The molecule has 8 heteroatoms. The molecule has 0 bridgehead atoms. The zero-order valence-corrected chi connectivity index (χ0v) is 25.0. The minimum atomic E-state index is -0.311. The standard InChI is InChI=1S/C31H48N2O5S/c1-5-38-28(37)15-20-17-39-29(32-20)33-27(36)11-6-18(2)23-9-10-24-22-8-7-19-14-21(34)12-13-30(19,3)25(22)16-26(35)31(23,24)4/h17-19,21-26,34-35H,5-16H2,1-4H3,(H,32,33,36). The van der Waals surface area contributed by atoms with Crippen molar-refractivity contribution in [2.45, 2.75) is 111 Å². The van der Waals surface area contributed by atoms with Crippen LogP contribution in [0.25, 0.3) is 0 Å². The Hall–Kier alpha value is -1.51. The summed E-state index contributed by atoms with van der Waals surface area (Å²) in [6.07, 6.45) is 9.48.